The molecule has 12 heteroatoms. The second-order valence-electron chi connectivity index (χ2n) is 12.1. The number of amides is 4. The monoisotopic (exact) mass is 537 g/mol. The number of alkyl halides is 3. The van der Waals surface area contributed by atoms with Gasteiger partial charge in [-0.25, -0.2) is 0 Å². The third-order valence-electron chi connectivity index (χ3n) is 8.13. The molecule has 1 saturated heterocycles. The minimum Gasteiger partial charge on any atom is -0.339 e. The van der Waals surface area contributed by atoms with Gasteiger partial charge in [-0.3, -0.25) is 19.2 Å². The summed E-state index contributed by atoms with van der Waals surface area (Å²) in [5.74, 6) is -4.53. The van der Waals surface area contributed by atoms with Gasteiger partial charge in [0.2, 0.25) is 17.7 Å². The number of carbonyl (C=O) groups is 4. The Balaban J connectivity index is 1.51. The second kappa shape index (κ2) is 9.25. The number of anilines is 1. The van der Waals surface area contributed by atoms with Crippen molar-refractivity contribution in [3.8, 4) is 0 Å². The summed E-state index contributed by atoms with van der Waals surface area (Å²) in [7, 11) is 0. The van der Waals surface area contributed by atoms with Crippen LogP contribution in [0.15, 0.2) is 24.3 Å². The van der Waals surface area contributed by atoms with Crippen molar-refractivity contribution in [1.82, 2.24) is 15.5 Å². The maximum Gasteiger partial charge on any atom is 0.471 e. The molecule has 0 radical (unpaired) electrons. The topological polar surface area (TPSA) is 134 Å². The largest absolute Gasteiger partial charge is 0.471 e. The van der Waals surface area contributed by atoms with Crippen LogP contribution in [0.4, 0.5) is 18.9 Å². The molecule has 1 aromatic rings. The number of likely N-dealkylation sites (tertiary alicyclic amines) is 1. The molecule has 38 heavy (non-hydrogen) atoms. The van der Waals surface area contributed by atoms with Crippen LogP contribution in [0.25, 0.3) is 0 Å². The van der Waals surface area contributed by atoms with E-state index in [9.17, 15) is 32.3 Å². The number of benzene rings is 1. The number of hydrogen-bond acceptors (Lipinski definition) is 5. The Kier molecular flexibility index (Phi) is 6.78. The van der Waals surface area contributed by atoms with Crippen molar-refractivity contribution < 1.29 is 32.3 Å². The lowest BCUT2D eigenvalue weighted by Gasteiger charge is -2.38. The SMILES string of the molecule is CC(C)(C)[C@H](NC(=O)C(F)(F)F)C(=O)N1C[C@H]2[C@@H]([C@H]1C(=O)N[C@H](N)CC1C(=O)Nc3ccccc31)C2(C)C. The fourth-order valence-electron chi connectivity index (χ4n) is 5.93. The molecule has 6 atom stereocenters. The van der Waals surface area contributed by atoms with Gasteiger partial charge in [0, 0.05) is 12.2 Å². The minimum atomic E-state index is -5.16. The van der Waals surface area contributed by atoms with E-state index in [1.165, 1.54) is 4.90 Å². The van der Waals surface area contributed by atoms with E-state index >= 15 is 0 Å². The van der Waals surface area contributed by atoms with Gasteiger partial charge in [0.05, 0.1) is 12.1 Å². The quantitative estimate of drug-likeness (QED) is 0.413. The first-order valence-electron chi connectivity index (χ1n) is 12.6. The number of nitrogens with two attached hydrogens (primary N) is 1. The Labute approximate surface area is 219 Å². The predicted molar refractivity (Wildman–Crippen MR) is 132 cm³/mol. The molecule has 4 amide bonds. The molecule has 0 aromatic heterocycles. The highest BCUT2D eigenvalue weighted by Crippen LogP contribution is 2.65. The smallest absolute Gasteiger partial charge is 0.339 e. The molecule has 0 bridgehead atoms. The van der Waals surface area contributed by atoms with Crippen molar-refractivity contribution in [2.24, 2.45) is 28.4 Å². The van der Waals surface area contributed by atoms with Crippen molar-refractivity contribution in [1.29, 1.82) is 0 Å². The molecular formula is C26H34F3N5O4. The maximum absolute atomic E-state index is 13.6. The van der Waals surface area contributed by atoms with Gasteiger partial charge < -0.3 is 26.6 Å². The van der Waals surface area contributed by atoms with E-state index in [1.807, 2.05) is 25.2 Å². The van der Waals surface area contributed by atoms with Gasteiger partial charge in [-0.1, -0.05) is 52.8 Å². The van der Waals surface area contributed by atoms with Crippen molar-refractivity contribution in [3.05, 3.63) is 29.8 Å². The third kappa shape index (κ3) is 4.97. The Morgan fingerprint density at radius 1 is 1.16 bits per heavy atom. The van der Waals surface area contributed by atoms with E-state index in [4.69, 9.17) is 5.73 Å². The Hall–Kier alpha value is -3.15. The standard InChI is InChI=1S/C26H34F3N5O4/c1-24(2,3)19(33-23(38)26(27,28)29)22(37)34-11-14-17(25(14,4)5)18(34)21(36)32-16(30)10-13-12-8-6-7-9-15(12)31-20(13)35/h6-9,13-14,16-19H,10-11,30H2,1-5H3,(H,31,35)(H,32,36)(H,33,38)/t13?,14-,16-,17-,18-,19+/m0/s1. The predicted octanol–water partition coefficient (Wildman–Crippen LogP) is 2.09. The molecule has 1 saturated carbocycles. The first-order chi connectivity index (χ1) is 17.4. The van der Waals surface area contributed by atoms with Crippen LogP contribution >= 0.6 is 0 Å². The Morgan fingerprint density at radius 3 is 2.39 bits per heavy atom. The number of hydrogen-bond donors (Lipinski definition) is 4. The highest BCUT2D eigenvalue weighted by molar-refractivity contribution is 6.03. The molecule has 5 N–H and O–H groups in total. The molecule has 208 valence electrons. The molecule has 3 aliphatic rings. The zero-order chi connectivity index (χ0) is 28.4. The maximum atomic E-state index is 13.6. The first kappa shape index (κ1) is 27.9. The minimum absolute atomic E-state index is 0.0233. The van der Waals surface area contributed by atoms with Gasteiger partial charge in [-0.15, -0.1) is 0 Å². The number of halogens is 3. The highest BCUT2D eigenvalue weighted by Gasteiger charge is 2.70. The van der Waals surface area contributed by atoms with Gasteiger partial charge >= 0.3 is 12.1 Å². The van der Waals surface area contributed by atoms with Crippen molar-refractivity contribution in [2.75, 3.05) is 11.9 Å². The highest BCUT2D eigenvalue weighted by atomic mass is 19.4. The summed E-state index contributed by atoms with van der Waals surface area (Å²) >= 11 is 0. The fraction of sp³-hybridized carbons (Fsp3) is 0.615. The molecule has 1 aromatic carbocycles. The molecule has 2 fully saturated rings. The first-order valence-corrected chi connectivity index (χ1v) is 12.6. The van der Waals surface area contributed by atoms with E-state index in [-0.39, 0.29) is 36.1 Å². The van der Waals surface area contributed by atoms with E-state index in [0.29, 0.717) is 5.69 Å². The number of fused-ring (bicyclic) bond motifs is 2. The average molecular weight is 538 g/mol. The van der Waals surface area contributed by atoms with Crippen LogP contribution in [0.2, 0.25) is 0 Å². The number of piperidine rings is 1. The fourth-order valence-corrected chi connectivity index (χ4v) is 5.93. The lowest BCUT2D eigenvalue weighted by molar-refractivity contribution is -0.176. The molecule has 2 heterocycles. The van der Waals surface area contributed by atoms with Gasteiger partial charge in [0.15, 0.2) is 0 Å². The van der Waals surface area contributed by atoms with Crippen molar-refractivity contribution in [3.63, 3.8) is 0 Å². The van der Waals surface area contributed by atoms with Crippen LogP contribution in [0.5, 0.6) is 0 Å². The molecule has 9 nitrogen and oxygen atoms in total. The average Bonchev–Trinajstić information content (AvgIpc) is 3.10. The number of nitrogens with one attached hydrogen (secondary N) is 3. The van der Waals surface area contributed by atoms with Gasteiger partial charge in [0.25, 0.3) is 0 Å². The van der Waals surface area contributed by atoms with Gasteiger partial charge in [-0.05, 0) is 40.7 Å². The second-order valence-corrected chi connectivity index (χ2v) is 12.1. The van der Waals surface area contributed by atoms with Crippen LogP contribution in [-0.2, 0) is 19.2 Å². The summed E-state index contributed by atoms with van der Waals surface area (Å²) in [6.07, 6.45) is -5.95. The van der Waals surface area contributed by atoms with Crippen LogP contribution in [0.1, 0.15) is 52.5 Å². The molecule has 1 unspecified atom stereocenters. The summed E-state index contributed by atoms with van der Waals surface area (Å²) in [5, 5.41) is 7.34. The number of para-hydroxylation sites is 1. The van der Waals surface area contributed by atoms with Crippen LogP contribution in [0, 0.1) is 22.7 Å². The lowest BCUT2D eigenvalue weighted by Crippen LogP contribution is -2.61. The van der Waals surface area contributed by atoms with Crippen LogP contribution in [-0.4, -0.2) is 59.5 Å². The van der Waals surface area contributed by atoms with E-state index in [1.54, 1.807) is 39.0 Å². The third-order valence-corrected chi connectivity index (χ3v) is 8.13. The number of carbonyl (C=O) groups excluding carboxylic acids is 4. The van der Waals surface area contributed by atoms with E-state index in [2.05, 4.69) is 10.6 Å². The Bertz CT molecular complexity index is 1160. The zero-order valence-electron chi connectivity index (χ0n) is 22.0. The number of nitrogens with zero attached hydrogens (tertiary/aromatic N) is 1. The van der Waals surface area contributed by atoms with Crippen molar-refractivity contribution >= 4 is 29.3 Å². The Morgan fingerprint density at radius 2 is 1.79 bits per heavy atom. The summed E-state index contributed by atoms with van der Waals surface area (Å²) in [5.41, 5.74) is 6.39. The summed E-state index contributed by atoms with van der Waals surface area (Å²) in [6.45, 7) is 8.75. The summed E-state index contributed by atoms with van der Waals surface area (Å²) in [6, 6.07) is 4.72. The van der Waals surface area contributed by atoms with Gasteiger partial charge in [0.1, 0.15) is 12.1 Å². The van der Waals surface area contributed by atoms with E-state index < -0.39 is 53.5 Å². The molecular weight excluding hydrogens is 503 g/mol. The van der Waals surface area contributed by atoms with E-state index in [0.717, 1.165) is 5.56 Å². The van der Waals surface area contributed by atoms with Crippen molar-refractivity contribution in [2.45, 2.75) is 71.4 Å². The molecule has 1 aliphatic carbocycles. The van der Waals surface area contributed by atoms with Gasteiger partial charge in [-0.2, -0.15) is 13.2 Å². The lowest BCUT2D eigenvalue weighted by atomic mass is 9.85. The molecule has 0 spiro atoms. The molecule has 4 rings (SSSR count). The van der Waals surface area contributed by atoms with Crippen LogP contribution < -0.4 is 21.7 Å². The summed E-state index contributed by atoms with van der Waals surface area (Å²) in [4.78, 5) is 52.5. The zero-order valence-corrected chi connectivity index (χ0v) is 22.0. The van der Waals surface area contributed by atoms with Crippen LogP contribution in [0.3, 0.4) is 0 Å². The normalized spacial score (nSPS) is 27.1. The molecule has 2 aliphatic heterocycles. The number of rotatable bonds is 6. The summed E-state index contributed by atoms with van der Waals surface area (Å²) < 4.78 is 39.0.